The fourth-order valence-electron chi connectivity index (χ4n) is 1.80. The SMILES string of the molecule is COC(=O)[C@H](NC(C)c1cccc(F)c1)C(C)C. The van der Waals surface area contributed by atoms with Crippen molar-refractivity contribution in [1.82, 2.24) is 5.32 Å². The van der Waals surface area contributed by atoms with Crippen LogP contribution in [0.5, 0.6) is 0 Å². The maximum atomic E-state index is 13.1. The molecule has 3 nitrogen and oxygen atoms in total. The maximum Gasteiger partial charge on any atom is 0.323 e. The maximum absolute atomic E-state index is 13.1. The molecule has 0 heterocycles. The van der Waals surface area contributed by atoms with Gasteiger partial charge >= 0.3 is 5.97 Å². The van der Waals surface area contributed by atoms with Crippen LogP contribution in [-0.2, 0) is 9.53 Å². The van der Waals surface area contributed by atoms with Gasteiger partial charge in [0.15, 0.2) is 0 Å². The second kappa shape index (κ2) is 6.50. The van der Waals surface area contributed by atoms with Crippen LogP contribution < -0.4 is 5.32 Å². The summed E-state index contributed by atoms with van der Waals surface area (Å²) in [5.74, 6) is -0.470. The highest BCUT2D eigenvalue weighted by Gasteiger charge is 2.24. The highest BCUT2D eigenvalue weighted by atomic mass is 19.1. The summed E-state index contributed by atoms with van der Waals surface area (Å²) in [5, 5.41) is 3.17. The summed E-state index contributed by atoms with van der Waals surface area (Å²) < 4.78 is 17.9. The molecule has 0 radical (unpaired) electrons. The van der Waals surface area contributed by atoms with Gasteiger partial charge in [-0.15, -0.1) is 0 Å². The molecular weight excluding hydrogens is 233 g/mol. The Hall–Kier alpha value is -1.42. The molecule has 0 saturated heterocycles. The Bertz CT molecular complexity index is 407. The fourth-order valence-corrected chi connectivity index (χ4v) is 1.80. The minimum atomic E-state index is -0.395. The molecule has 18 heavy (non-hydrogen) atoms. The summed E-state index contributed by atoms with van der Waals surface area (Å²) in [7, 11) is 1.37. The smallest absolute Gasteiger partial charge is 0.323 e. The molecule has 0 saturated carbocycles. The van der Waals surface area contributed by atoms with Crippen LogP contribution in [0, 0.1) is 11.7 Å². The molecule has 2 atom stereocenters. The van der Waals surface area contributed by atoms with Crippen molar-refractivity contribution in [2.75, 3.05) is 7.11 Å². The molecule has 0 fully saturated rings. The van der Waals surface area contributed by atoms with E-state index >= 15 is 0 Å². The molecule has 100 valence electrons. The number of carbonyl (C=O) groups excluding carboxylic acids is 1. The summed E-state index contributed by atoms with van der Waals surface area (Å²) in [6, 6.07) is 5.84. The van der Waals surface area contributed by atoms with Crippen molar-refractivity contribution >= 4 is 5.97 Å². The predicted octanol–water partition coefficient (Wildman–Crippen LogP) is 2.67. The number of halogens is 1. The first kappa shape index (κ1) is 14.6. The average molecular weight is 253 g/mol. The molecule has 0 aliphatic carbocycles. The minimum absolute atomic E-state index is 0.105. The lowest BCUT2D eigenvalue weighted by molar-refractivity contribution is -0.144. The third kappa shape index (κ3) is 3.81. The monoisotopic (exact) mass is 253 g/mol. The van der Waals surface area contributed by atoms with Gasteiger partial charge in [-0.3, -0.25) is 10.1 Å². The number of esters is 1. The molecule has 1 rings (SSSR count). The van der Waals surface area contributed by atoms with Crippen LogP contribution in [0.15, 0.2) is 24.3 Å². The van der Waals surface area contributed by atoms with E-state index in [1.807, 2.05) is 26.8 Å². The van der Waals surface area contributed by atoms with Crippen molar-refractivity contribution in [2.45, 2.75) is 32.9 Å². The van der Waals surface area contributed by atoms with Gasteiger partial charge in [0, 0.05) is 6.04 Å². The molecule has 0 amide bonds. The van der Waals surface area contributed by atoms with Gasteiger partial charge in [0.2, 0.25) is 0 Å². The largest absolute Gasteiger partial charge is 0.468 e. The number of carbonyl (C=O) groups is 1. The van der Waals surface area contributed by atoms with Gasteiger partial charge in [0.05, 0.1) is 7.11 Å². The van der Waals surface area contributed by atoms with Crippen LogP contribution in [-0.4, -0.2) is 19.1 Å². The molecule has 1 aromatic carbocycles. The Morgan fingerprint density at radius 2 is 2.00 bits per heavy atom. The van der Waals surface area contributed by atoms with Crippen molar-refractivity contribution in [1.29, 1.82) is 0 Å². The summed E-state index contributed by atoms with van der Waals surface area (Å²) in [5.41, 5.74) is 0.810. The summed E-state index contributed by atoms with van der Waals surface area (Å²) in [6.45, 7) is 5.77. The Labute approximate surface area is 107 Å². The summed E-state index contributed by atoms with van der Waals surface area (Å²) >= 11 is 0. The predicted molar refractivity (Wildman–Crippen MR) is 68.6 cm³/mol. The van der Waals surface area contributed by atoms with E-state index in [1.54, 1.807) is 6.07 Å². The molecular formula is C14H20FNO2. The number of benzene rings is 1. The summed E-state index contributed by atoms with van der Waals surface area (Å²) in [6.07, 6.45) is 0. The fraction of sp³-hybridized carbons (Fsp3) is 0.500. The first-order chi connectivity index (χ1) is 8.45. The highest BCUT2D eigenvalue weighted by molar-refractivity contribution is 5.76. The van der Waals surface area contributed by atoms with Gasteiger partial charge in [-0.05, 0) is 30.5 Å². The normalized spacial score (nSPS) is 14.3. The van der Waals surface area contributed by atoms with E-state index in [4.69, 9.17) is 4.74 Å². The number of rotatable bonds is 5. The standard InChI is InChI=1S/C14H20FNO2/c1-9(2)13(14(17)18-4)16-10(3)11-6-5-7-12(15)8-11/h5-10,13,16H,1-4H3/t10?,13-/m1/s1. The number of ether oxygens (including phenoxy) is 1. The third-order valence-corrected chi connectivity index (χ3v) is 2.90. The second-order valence-corrected chi connectivity index (χ2v) is 4.69. The van der Waals surface area contributed by atoms with Gasteiger partial charge in [-0.1, -0.05) is 26.0 Å². The van der Waals surface area contributed by atoms with Crippen LogP contribution in [0.25, 0.3) is 0 Å². The van der Waals surface area contributed by atoms with Crippen molar-refractivity contribution in [3.63, 3.8) is 0 Å². The number of methoxy groups -OCH3 is 1. The van der Waals surface area contributed by atoms with Gasteiger partial charge in [0.1, 0.15) is 11.9 Å². The molecule has 0 spiro atoms. The molecule has 1 N–H and O–H groups in total. The van der Waals surface area contributed by atoms with Crippen molar-refractivity contribution in [3.05, 3.63) is 35.6 Å². The number of nitrogens with one attached hydrogen (secondary N) is 1. The molecule has 1 unspecified atom stereocenters. The van der Waals surface area contributed by atoms with Gasteiger partial charge < -0.3 is 4.74 Å². The van der Waals surface area contributed by atoms with E-state index in [9.17, 15) is 9.18 Å². The lowest BCUT2D eigenvalue weighted by atomic mass is 10.0. The van der Waals surface area contributed by atoms with Crippen LogP contribution in [0.3, 0.4) is 0 Å². The molecule has 0 aliphatic rings. The number of hydrogen-bond donors (Lipinski definition) is 1. The van der Waals surface area contributed by atoms with Gasteiger partial charge in [-0.25, -0.2) is 4.39 Å². The second-order valence-electron chi connectivity index (χ2n) is 4.69. The highest BCUT2D eigenvalue weighted by Crippen LogP contribution is 2.16. The Kier molecular flexibility index (Phi) is 5.28. The zero-order valence-electron chi connectivity index (χ0n) is 11.2. The van der Waals surface area contributed by atoms with Crippen molar-refractivity contribution in [3.8, 4) is 0 Å². The van der Waals surface area contributed by atoms with Crippen LogP contribution in [0.4, 0.5) is 4.39 Å². The van der Waals surface area contributed by atoms with E-state index < -0.39 is 6.04 Å². The van der Waals surface area contributed by atoms with Gasteiger partial charge in [0.25, 0.3) is 0 Å². The van der Waals surface area contributed by atoms with E-state index in [1.165, 1.54) is 19.2 Å². The zero-order valence-corrected chi connectivity index (χ0v) is 11.2. The quantitative estimate of drug-likeness (QED) is 0.820. The van der Waals surface area contributed by atoms with E-state index in [-0.39, 0.29) is 23.7 Å². The molecule has 1 aromatic rings. The molecule has 0 aromatic heterocycles. The Balaban J connectivity index is 2.78. The molecule has 0 bridgehead atoms. The van der Waals surface area contributed by atoms with E-state index in [2.05, 4.69) is 5.32 Å². The van der Waals surface area contributed by atoms with Crippen LogP contribution in [0.2, 0.25) is 0 Å². The Morgan fingerprint density at radius 3 is 2.50 bits per heavy atom. The summed E-state index contributed by atoms with van der Waals surface area (Å²) in [4.78, 5) is 11.6. The molecule has 4 heteroatoms. The van der Waals surface area contributed by atoms with Gasteiger partial charge in [-0.2, -0.15) is 0 Å². The first-order valence-electron chi connectivity index (χ1n) is 6.05. The van der Waals surface area contributed by atoms with Crippen LogP contribution in [0.1, 0.15) is 32.4 Å². The molecule has 0 aliphatic heterocycles. The topological polar surface area (TPSA) is 38.3 Å². The third-order valence-electron chi connectivity index (χ3n) is 2.90. The van der Waals surface area contributed by atoms with Crippen molar-refractivity contribution < 1.29 is 13.9 Å². The van der Waals surface area contributed by atoms with E-state index in [0.717, 1.165) is 5.56 Å². The zero-order chi connectivity index (χ0) is 13.7. The lowest BCUT2D eigenvalue weighted by Gasteiger charge is -2.24. The lowest BCUT2D eigenvalue weighted by Crippen LogP contribution is -2.42. The Morgan fingerprint density at radius 1 is 1.33 bits per heavy atom. The van der Waals surface area contributed by atoms with Crippen LogP contribution >= 0.6 is 0 Å². The van der Waals surface area contributed by atoms with Crippen molar-refractivity contribution in [2.24, 2.45) is 5.92 Å². The minimum Gasteiger partial charge on any atom is -0.468 e. The number of hydrogen-bond acceptors (Lipinski definition) is 3. The average Bonchev–Trinajstić information content (AvgIpc) is 2.34. The van der Waals surface area contributed by atoms with E-state index in [0.29, 0.717) is 0 Å². The first-order valence-corrected chi connectivity index (χ1v) is 6.05.